The summed E-state index contributed by atoms with van der Waals surface area (Å²) in [5, 5.41) is 0. The molecule has 5 rings (SSSR count). The lowest BCUT2D eigenvalue weighted by atomic mass is 10.2. The van der Waals surface area contributed by atoms with Gasteiger partial charge in [0.15, 0.2) is 21.5 Å². The van der Waals surface area contributed by atoms with E-state index in [4.69, 9.17) is 14.7 Å². The molecule has 0 spiro atoms. The normalized spacial score (nSPS) is 14.8. The first-order chi connectivity index (χ1) is 15.0. The molecule has 3 aromatic heterocycles. The quantitative estimate of drug-likeness (QED) is 0.467. The maximum absolute atomic E-state index is 12.0. The second-order valence-electron chi connectivity index (χ2n) is 7.34. The molecule has 0 unspecified atom stereocenters. The number of thiophene rings is 1. The lowest BCUT2D eigenvalue weighted by molar-refractivity contribution is 0.122. The molecule has 0 amide bonds. The Kier molecular flexibility index (Phi) is 5.17. The highest BCUT2D eigenvalue weighted by molar-refractivity contribution is 7.90. The fourth-order valence-corrected chi connectivity index (χ4v) is 5.33. The minimum absolute atomic E-state index is 0.304. The molecule has 4 heterocycles. The van der Waals surface area contributed by atoms with Gasteiger partial charge in [-0.3, -0.25) is 4.98 Å². The van der Waals surface area contributed by atoms with Crippen LogP contribution in [-0.2, 0) is 14.6 Å². The average molecular weight is 453 g/mol. The van der Waals surface area contributed by atoms with Crippen molar-refractivity contribution in [2.75, 3.05) is 37.5 Å². The molecule has 0 saturated carbocycles. The van der Waals surface area contributed by atoms with Gasteiger partial charge >= 0.3 is 0 Å². The Labute approximate surface area is 184 Å². The first kappa shape index (κ1) is 20.0. The molecule has 4 aromatic rings. The van der Waals surface area contributed by atoms with Crippen molar-refractivity contribution in [1.82, 2.24) is 15.0 Å². The fourth-order valence-electron chi connectivity index (χ4n) is 3.55. The summed E-state index contributed by atoms with van der Waals surface area (Å²) in [6, 6.07) is 12.8. The Balaban J connectivity index is 1.68. The lowest BCUT2D eigenvalue weighted by Gasteiger charge is -2.28. The number of fused-ring (bicyclic) bond motifs is 1. The average Bonchev–Trinajstić information content (AvgIpc) is 3.23. The van der Waals surface area contributed by atoms with Crippen LogP contribution in [0.3, 0.4) is 0 Å². The third-order valence-corrected chi connectivity index (χ3v) is 7.41. The van der Waals surface area contributed by atoms with Crippen molar-refractivity contribution in [2.45, 2.75) is 4.90 Å². The number of hydrogen-bond donors (Lipinski definition) is 0. The van der Waals surface area contributed by atoms with Gasteiger partial charge in [-0.15, -0.1) is 11.3 Å². The van der Waals surface area contributed by atoms with Crippen molar-refractivity contribution in [3.63, 3.8) is 0 Å². The van der Waals surface area contributed by atoms with Crippen LogP contribution >= 0.6 is 11.3 Å². The molecule has 1 aliphatic heterocycles. The molecule has 0 atom stereocenters. The van der Waals surface area contributed by atoms with Gasteiger partial charge in [-0.25, -0.2) is 18.4 Å². The molecular weight excluding hydrogens is 432 g/mol. The molecular formula is C22H20N4O3S2. The lowest BCUT2D eigenvalue weighted by Crippen LogP contribution is -2.36. The summed E-state index contributed by atoms with van der Waals surface area (Å²) in [7, 11) is -3.28. The van der Waals surface area contributed by atoms with Crippen LogP contribution in [0, 0.1) is 0 Å². The number of benzene rings is 1. The molecule has 1 saturated heterocycles. The third-order valence-electron chi connectivity index (χ3n) is 5.13. The summed E-state index contributed by atoms with van der Waals surface area (Å²) < 4.78 is 30.5. The zero-order chi connectivity index (χ0) is 21.4. The number of pyridine rings is 1. The van der Waals surface area contributed by atoms with Crippen molar-refractivity contribution >= 4 is 37.2 Å². The summed E-state index contributed by atoms with van der Waals surface area (Å²) in [5.41, 5.74) is 2.53. The van der Waals surface area contributed by atoms with E-state index >= 15 is 0 Å². The largest absolute Gasteiger partial charge is 0.378 e. The molecule has 0 radical (unpaired) electrons. The van der Waals surface area contributed by atoms with Crippen LogP contribution in [0.5, 0.6) is 0 Å². The van der Waals surface area contributed by atoms with E-state index < -0.39 is 9.84 Å². The number of ether oxygens (including phenoxy) is 1. The van der Waals surface area contributed by atoms with E-state index in [1.54, 1.807) is 41.9 Å². The van der Waals surface area contributed by atoms with Crippen molar-refractivity contribution in [3.8, 4) is 21.8 Å². The number of aromatic nitrogens is 3. The van der Waals surface area contributed by atoms with Crippen molar-refractivity contribution in [2.24, 2.45) is 0 Å². The topological polar surface area (TPSA) is 85.3 Å². The van der Waals surface area contributed by atoms with Crippen LogP contribution in [-0.4, -0.2) is 55.9 Å². The molecule has 0 aliphatic carbocycles. The number of anilines is 1. The van der Waals surface area contributed by atoms with E-state index in [1.165, 1.54) is 6.26 Å². The van der Waals surface area contributed by atoms with Crippen LogP contribution in [0.25, 0.3) is 32.0 Å². The molecule has 1 aromatic carbocycles. The van der Waals surface area contributed by atoms with Gasteiger partial charge in [0.1, 0.15) is 0 Å². The minimum Gasteiger partial charge on any atom is -0.378 e. The standard InChI is InChI=1S/C22H20N4O3S2/c1-31(27,28)17-6-2-4-15(12-17)19-13-18-20(30-19)22(26-8-10-29-11-9-26)25-21(24-18)16-5-3-7-23-14-16/h2-7,12-14H,8-11H2,1H3. The number of morpholine rings is 1. The Bertz CT molecular complexity index is 1350. The van der Waals surface area contributed by atoms with Crippen LogP contribution in [0.2, 0.25) is 0 Å². The van der Waals surface area contributed by atoms with E-state index in [-0.39, 0.29) is 0 Å². The van der Waals surface area contributed by atoms with Gasteiger partial charge in [-0.2, -0.15) is 0 Å². The molecule has 158 valence electrons. The first-order valence-electron chi connectivity index (χ1n) is 9.84. The van der Waals surface area contributed by atoms with E-state index in [1.807, 2.05) is 24.3 Å². The highest BCUT2D eigenvalue weighted by Crippen LogP contribution is 2.39. The number of nitrogens with zero attached hydrogens (tertiary/aromatic N) is 4. The second kappa shape index (κ2) is 7.99. The van der Waals surface area contributed by atoms with Crippen LogP contribution in [0.15, 0.2) is 59.8 Å². The highest BCUT2D eigenvalue weighted by atomic mass is 32.2. The van der Waals surface area contributed by atoms with Crippen LogP contribution in [0.4, 0.5) is 5.82 Å². The van der Waals surface area contributed by atoms with Crippen LogP contribution in [0.1, 0.15) is 0 Å². The SMILES string of the molecule is CS(=O)(=O)c1cccc(-c2cc3nc(-c4cccnc4)nc(N4CCOCC4)c3s2)c1. The third kappa shape index (κ3) is 4.04. The van der Waals surface area contributed by atoms with Gasteiger partial charge in [-0.05, 0) is 35.9 Å². The summed E-state index contributed by atoms with van der Waals surface area (Å²) in [6.07, 6.45) is 4.70. The molecule has 31 heavy (non-hydrogen) atoms. The molecule has 1 aliphatic rings. The Morgan fingerprint density at radius 2 is 1.84 bits per heavy atom. The zero-order valence-electron chi connectivity index (χ0n) is 16.9. The Hall–Kier alpha value is -2.88. The van der Waals surface area contributed by atoms with Gasteiger partial charge in [0.2, 0.25) is 0 Å². The highest BCUT2D eigenvalue weighted by Gasteiger charge is 2.21. The van der Waals surface area contributed by atoms with E-state index in [0.717, 1.165) is 45.1 Å². The van der Waals surface area contributed by atoms with Gasteiger partial charge in [0, 0.05) is 42.2 Å². The molecule has 9 heteroatoms. The van der Waals surface area contributed by atoms with Gasteiger partial charge in [-0.1, -0.05) is 12.1 Å². The smallest absolute Gasteiger partial charge is 0.175 e. The van der Waals surface area contributed by atoms with Gasteiger partial charge < -0.3 is 9.64 Å². The van der Waals surface area contributed by atoms with Gasteiger partial charge in [0.25, 0.3) is 0 Å². The van der Waals surface area contributed by atoms with E-state index in [0.29, 0.717) is 23.9 Å². The number of hydrogen-bond acceptors (Lipinski definition) is 8. The predicted molar refractivity (Wildman–Crippen MR) is 122 cm³/mol. The molecule has 0 N–H and O–H groups in total. The number of rotatable bonds is 4. The maximum atomic E-state index is 12.0. The summed E-state index contributed by atoms with van der Waals surface area (Å²) in [5.74, 6) is 1.50. The molecule has 1 fully saturated rings. The minimum atomic E-state index is -3.28. The van der Waals surface area contributed by atoms with Crippen molar-refractivity contribution in [1.29, 1.82) is 0 Å². The van der Waals surface area contributed by atoms with Crippen molar-refractivity contribution < 1.29 is 13.2 Å². The summed E-state index contributed by atoms with van der Waals surface area (Å²) in [4.78, 5) is 17.4. The van der Waals surface area contributed by atoms with E-state index in [2.05, 4.69) is 9.88 Å². The first-order valence-corrected chi connectivity index (χ1v) is 12.5. The van der Waals surface area contributed by atoms with Crippen LogP contribution < -0.4 is 4.90 Å². The van der Waals surface area contributed by atoms with E-state index in [9.17, 15) is 8.42 Å². The molecule has 7 nitrogen and oxygen atoms in total. The Morgan fingerprint density at radius 3 is 2.58 bits per heavy atom. The predicted octanol–water partition coefficient (Wildman–Crippen LogP) is 3.66. The monoisotopic (exact) mass is 452 g/mol. The van der Waals surface area contributed by atoms with Crippen molar-refractivity contribution in [3.05, 3.63) is 54.9 Å². The fraction of sp³-hybridized carbons (Fsp3) is 0.227. The summed E-state index contributed by atoms with van der Waals surface area (Å²) in [6.45, 7) is 2.83. The Morgan fingerprint density at radius 1 is 1.03 bits per heavy atom. The molecule has 0 bridgehead atoms. The summed E-state index contributed by atoms with van der Waals surface area (Å²) >= 11 is 1.58. The second-order valence-corrected chi connectivity index (χ2v) is 10.4. The zero-order valence-corrected chi connectivity index (χ0v) is 18.5. The number of sulfone groups is 1. The van der Waals surface area contributed by atoms with Gasteiger partial charge in [0.05, 0.1) is 28.3 Å². The maximum Gasteiger partial charge on any atom is 0.175 e.